The van der Waals surface area contributed by atoms with Crippen LogP contribution >= 0.6 is 0 Å². The maximum absolute atomic E-state index is 11.3. The minimum absolute atomic E-state index is 0.125. The maximum Gasteiger partial charge on any atom is 0.354 e. The molecule has 2 aromatic rings. The summed E-state index contributed by atoms with van der Waals surface area (Å²) in [6.45, 7) is 3.15. The topological polar surface area (TPSA) is 53.4 Å². The number of aromatic carboxylic acids is 1. The average Bonchev–Trinajstić information content (AvgIpc) is 2.70. The van der Waals surface area contributed by atoms with E-state index in [1.165, 1.54) is 12.8 Å². The number of aromatic nitrogens is 1. The van der Waals surface area contributed by atoms with E-state index in [9.17, 15) is 9.90 Å². The van der Waals surface area contributed by atoms with Crippen LogP contribution in [0.25, 0.3) is 10.8 Å². The first-order chi connectivity index (χ1) is 10.2. The number of fused-ring (bicyclic) bond motifs is 1. The smallest absolute Gasteiger partial charge is 0.354 e. The fourth-order valence-electron chi connectivity index (χ4n) is 3.10. The van der Waals surface area contributed by atoms with Crippen LogP contribution < -0.4 is 4.90 Å². The number of anilines is 1. The second-order valence-electron chi connectivity index (χ2n) is 5.75. The fourth-order valence-corrected chi connectivity index (χ4v) is 3.10. The molecule has 2 heterocycles. The predicted molar refractivity (Wildman–Crippen MR) is 84.0 cm³/mol. The van der Waals surface area contributed by atoms with Gasteiger partial charge in [0.1, 0.15) is 5.82 Å². The highest BCUT2D eigenvalue weighted by Gasteiger charge is 2.22. The molecule has 0 aliphatic carbocycles. The molecule has 1 aliphatic heterocycles. The fraction of sp³-hybridized carbons (Fsp3) is 0.412. The first-order valence-electron chi connectivity index (χ1n) is 7.56. The van der Waals surface area contributed by atoms with Crippen molar-refractivity contribution in [3.63, 3.8) is 0 Å². The number of carboxylic acids is 1. The monoisotopic (exact) mass is 284 g/mol. The molecule has 3 rings (SSSR count). The number of hydrogen-bond donors (Lipinski definition) is 1. The van der Waals surface area contributed by atoms with Crippen LogP contribution in [0.3, 0.4) is 0 Å². The van der Waals surface area contributed by atoms with Gasteiger partial charge in [-0.05, 0) is 31.2 Å². The molecule has 1 aliphatic rings. The van der Waals surface area contributed by atoms with Gasteiger partial charge in [0.2, 0.25) is 0 Å². The lowest BCUT2D eigenvalue weighted by atomic mass is 10.1. The van der Waals surface area contributed by atoms with Crippen molar-refractivity contribution in [3.8, 4) is 0 Å². The summed E-state index contributed by atoms with van der Waals surface area (Å²) in [5.74, 6) is -0.149. The van der Waals surface area contributed by atoms with Crippen molar-refractivity contribution < 1.29 is 9.90 Å². The number of pyridine rings is 1. The molecule has 21 heavy (non-hydrogen) atoms. The van der Waals surface area contributed by atoms with Gasteiger partial charge in [-0.2, -0.15) is 0 Å². The van der Waals surface area contributed by atoms with Crippen molar-refractivity contribution in [2.75, 3.05) is 11.4 Å². The van der Waals surface area contributed by atoms with Gasteiger partial charge in [0.05, 0.1) is 0 Å². The Balaban J connectivity index is 2.16. The van der Waals surface area contributed by atoms with E-state index < -0.39 is 5.97 Å². The summed E-state index contributed by atoms with van der Waals surface area (Å²) in [6.07, 6.45) is 4.73. The van der Waals surface area contributed by atoms with Gasteiger partial charge in [-0.3, -0.25) is 0 Å². The van der Waals surface area contributed by atoms with Gasteiger partial charge < -0.3 is 10.0 Å². The Bertz CT molecular complexity index is 669. The molecular weight excluding hydrogens is 264 g/mol. The van der Waals surface area contributed by atoms with E-state index in [4.69, 9.17) is 0 Å². The molecule has 1 atom stereocenters. The van der Waals surface area contributed by atoms with Crippen molar-refractivity contribution in [1.29, 1.82) is 0 Å². The van der Waals surface area contributed by atoms with E-state index >= 15 is 0 Å². The number of benzene rings is 1. The second kappa shape index (κ2) is 5.72. The highest BCUT2D eigenvalue weighted by Crippen LogP contribution is 2.30. The molecule has 0 amide bonds. The molecule has 110 valence electrons. The molecule has 1 saturated heterocycles. The Morgan fingerprint density at radius 1 is 1.29 bits per heavy atom. The first-order valence-corrected chi connectivity index (χ1v) is 7.56. The van der Waals surface area contributed by atoms with E-state index in [1.807, 2.05) is 24.3 Å². The predicted octanol–water partition coefficient (Wildman–Crippen LogP) is 3.70. The summed E-state index contributed by atoms with van der Waals surface area (Å²) in [4.78, 5) is 18.1. The SMILES string of the molecule is CC1CCCCCN1c1nc(C(=O)O)cc2ccccc12. The molecule has 1 N–H and O–H groups in total. The van der Waals surface area contributed by atoms with Crippen LogP contribution in [0.2, 0.25) is 0 Å². The van der Waals surface area contributed by atoms with Crippen LogP contribution in [0, 0.1) is 0 Å². The number of rotatable bonds is 2. The summed E-state index contributed by atoms with van der Waals surface area (Å²) in [5, 5.41) is 11.3. The zero-order chi connectivity index (χ0) is 14.8. The standard InChI is InChI=1S/C17H20N2O2/c1-12-7-3-2-6-10-19(12)16-14-9-5-4-8-13(14)11-15(18-16)17(20)21/h4-5,8-9,11-12H,2-3,6-7,10H2,1H3,(H,20,21). The first kappa shape index (κ1) is 13.9. The van der Waals surface area contributed by atoms with Crippen molar-refractivity contribution in [2.24, 2.45) is 0 Å². The molecular formula is C17H20N2O2. The van der Waals surface area contributed by atoms with Gasteiger partial charge in [0, 0.05) is 18.0 Å². The van der Waals surface area contributed by atoms with Crippen LogP contribution in [0.5, 0.6) is 0 Å². The molecule has 0 spiro atoms. The third-order valence-electron chi connectivity index (χ3n) is 4.26. The minimum Gasteiger partial charge on any atom is -0.477 e. The van der Waals surface area contributed by atoms with Gasteiger partial charge in [0.15, 0.2) is 5.69 Å². The van der Waals surface area contributed by atoms with Gasteiger partial charge in [-0.15, -0.1) is 0 Å². The Labute approximate surface area is 124 Å². The summed E-state index contributed by atoms with van der Waals surface area (Å²) in [5.41, 5.74) is 0.125. The lowest BCUT2D eigenvalue weighted by Gasteiger charge is -2.29. The largest absolute Gasteiger partial charge is 0.477 e. The molecule has 4 heteroatoms. The molecule has 1 fully saturated rings. The number of hydrogen-bond acceptors (Lipinski definition) is 3. The lowest BCUT2D eigenvalue weighted by Crippen LogP contribution is -2.33. The highest BCUT2D eigenvalue weighted by atomic mass is 16.4. The third-order valence-corrected chi connectivity index (χ3v) is 4.26. The molecule has 1 aromatic carbocycles. The normalized spacial score (nSPS) is 19.5. The molecule has 1 unspecified atom stereocenters. The Hall–Kier alpha value is -2.10. The minimum atomic E-state index is -0.968. The summed E-state index contributed by atoms with van der Waals surface area (Å²) in [7, 11) is 0. The molecule has 0 radical (unpaired) electrons. The zero-order valence-corrected chi connectivity index (χ0v) is 12.2. The van der Waals surface area contributed by atoms with Gasteiger partial charge in [-0.25, -0.2) is 9.78 Å². The van der Waals surface area contributed by atoms with E-state index in [0.717, 1.165) is 36.0 Å². The third kappa shape index (κ3) is 2.71. The quantitative estimate of drug-likeness (QED) is 0.913. The summed E-state index contributed by atoms with van der Waals surface area (Å²) >= 11 is 0. The van der Waals surface area contributed by atoms with E-state index in [2.05, 4.69) is 16.8 Å². The Kier molecular flexibility index (Phi) is 3.78. The Morgan fingerprint density at radius 2 is 2.10 bits per heavy atom. The van der Waals surface area contributed by atoms with Gasteiger partial charge in [-0.1, -0.05) is 37.1 Å². The van der Waals surface area contributed by atoms with Crippen LogP contribution in [0.4, 0.5) is 5.82 Å². The van der Waals surface area contributed by atoms with Gasteiger partial charge in [0.25, 0.3) is 0 Å². The zero-order valence-electron chi connectivity index (χ0n) is 12.2. The number of carboxylic acid groups (broad SMARTS) is 1. The Morgan fingerprint density at radius 3 is 2.90 bits per heavy atom. The molecule has 0 saturated carbocycles. The second-order valence-corrected chi connectivity index (χ2v) is 5.75. The summed E-state index contributed by atoms with van der Waals surface area (Å²) in [6, 6.07) is 9.95. The lowest BCUT2D eigenvalue weighted by molar-refractivity contribution is 0.0691. The molecule has 0 bridgehead atoms. The number of nitrogens with zero attached hydrogens (tertiary/aromatic N) is 2. The van der Waals surface area contributed by atoms with Crippen LogP contribution in [-0.4, -0.2) is 28.6 Å². The number of carbonyl (C=O) groups is 1. The maximum atomic E-state index is 11.3. The van der Waals surface area contributed by atoms with Crippen molar-refractivity contribution in [1.82, 2.24) is 4.98 Å². The summed E-state index contributed by atoms with van der Waals surface area (Å²) < 4.78 is 0. The molecule has 4 nitrogen and oxygen atoms in total. The van der Waals surface area contributed by atoms with Crippen LogP contribution in [-0.2, 0) is 0 Å². The molecule has 1 aromatic heterocycles. The average molecular weight is 284 g/mol. The van der Waals surface area contributed by atoms with E-state index in [-0.39, 0.29) is 5.69 Å². The van der Waals surface area contributed by atoms with E-state index in [1.54, 1.807) is 6.07 Å². The van der Waals surface area contributed by atoms with Crippen molar-refractivity contribution in [2.45, 2.75) is 38.6 Å². The van der Waals surface area contributed by atoms with Crippen LogP contribution in [0.15, 0.2) is 30.3 Å². The van der Waals surface area contributed by atoms with E-state index in [0.29, 0.717) is 6.04 Å². The van der Waals surface area contributed by atoms with Crippen molar-refractivity contribution >= 4 is 22.6 Å². The van der Waals surface area contributed by atoms with Crippen molar-refractivity contribution in [3.05, 3.63) is 36.0 Å². The highest BCUT2D eigenvalue weighted by molar-refractivity contribution is 5.98. The van der Waals surface area contributed by atoms with Crippen LogP contribution in [0.1, 0.15) is 43.1 Å². The van der Waals surface area contributed by atoms with Gasteiger partial charge >= 0.3 is 5.97 Å².